The zero-order valence-electron chi connectivity index (χ0n) is 13.5. The molecule has 2 rings (SSSR count). The molecule has 1 aromatic carbocycles. The van der Waals surface area contributed by atoms with E-state index in [9.17, 15) is 13.2 Å². The zero-order valence-corrected chi connectivity index (χ0v) is 15.1. The van der Waals surface area contributed by atoms with Gasteiger partial charge in [0.15, 0.2) is 9.84 Å². The van der Waals surface area contributed by atoms with Gasteiger partial charge in [-0.05, 0) is 36.3 Å². The van der Waals surface area contributed by atoms with Crippen molar-refractivity contribution in [3.63, 3.8) is 0 Å². The number of amides is 1. The second-order valence-electron chi connectivity index (χ2n) is 5.88. The highest BCUT2D eigenvalue weighted by Crippen LogP contribution is 2.30. The van der Waals surface area contributed by atoms with Gasteiger partial charge in [-0.25, -0.2) is 8.42 Å². The molecule has 1 aliphatic rings. The first kappa shape index (κ1) is 18.3. The molecular weight excluding hydrogens is 334 g/mol. The van der Waals surface area contributed by atoms with Crippen molar-refractivity contribution in [3.05, 3.63) is 29.8 Å². The van der Waals surface area contributed by atoms with E-state index in [4.69, 9.17) is 4.74 Å². The standard InChI is InChI=1S/C16H23NO4S2/c1-21-16(9-10-22-12-16)11-17-15(18)8-5-13-3-6-14(7-4-13)23(2,19)20/h3-4,6-7H,5,8-12H2,1-2H3,(H,17,18)/t16-/m0/s1. The van der Waals surface area contributed by atoms with Crippen molar-refractivity contribution in [2.45, 2.75) is 29.8 Å². The SMILES string of the molecule is CO[C@]1(CNC(=O)CCc2ccc(S(C)(=O)=O)cc2)CCSC1. The third kappa shape index (κ3) is 5.22. The number of hydrogen-bond acceptors (Lipinski definition) is 5. The van der Waals surface area contributed by atoms with Crippen LogP contribution in [0.1, 0.15) is 18.4 Å². The molecule has 128 valence electrons. The van der Waals surface area contributed by atoms with E-state index in [0.717, 1.165) is 23.5 Å². The fourth-order valence-electron chi connectivity index (χ4n) is 2.47. The predicted octanol–water partition coefficient (Wildman–Crippen LogP) is 1.66. The molecule has 0 saturated carbocycles. The van der Waals surface area contributed by atoms with Crippen molar-refractivity contribution < 1.29 is 17.9 Å². The van der Waals surface area contributed by atoms with Gasteiger partial charge in [0.1, 0.15) is 0 Å². The van der Waals surface area contributed by atoms with Crippen molar-refractivity contribution in [3.8, 4) is 0 Å². The lowest BCUT2D eigenvalue weighted by Gasteiger charge is -2.26. The number of carbonyl (C=O) groups is 1. The Kier molecular flexibility index (Phi) is 6.11. The van der Waals surface area contributed by atoms with Crippen LogP contribution >= 0.6 is 11.8 Å². The lowest BCUT2D eigenvalue weighted by molar-refractivity contribution is -0.122. The summed E-state index contributed by atoms with van der Waals surface area (Å²) in [5.74, 6) is 1.97. The summed E-state index contributed by atoms with van der Waals surface area (Å²) in [6.07, 6.45) is 3.11. The molecule has 0 aliphatic carbocycles. The summed E-state index contributed by atoms with van der Waals surface area (Å²) in [5, 5.41) is 2.95. The van der Waals surface area contributed by atoms with E-state index >= 15 is 0 Å². The van der Waals surface area contributed by atoms with Gasteiger partial charge in [0.2, 0.25) is 5.91 Å². The fraction of sp³-hybridized carbons (Fsp3) is 0.562. The second kappa shape index (κ2) is 7.68. The number of rotatable bonds is 7. The van der Waals surface area contributed by atoms with E-state index in [-0.39, 0.29) is 11.5 Å². The summed E-state index contributed by atoms with van der Waals surface area (Å²) in [6, 6.07) is 6.68. The molecule has 1 atom stereocenters. The van der Waals surface area contributed by atoms with Crippen LogP contribution in [0.4, 0.5) is 0 Å². The molecule has 1 aliphatic heterocycles. The number of sulfone groups is 1. The Morgan fingerprint density at radius 3 is 2.57 bits per heavy atom. The third-order valence-electron chi connectivity index (χ3n) is 4.10. The highest BCUT2D eigenvalue weighted by atomic mass is 32.2. The molecule has 1 N–H and O–H groups in total. The Morgan fingerprint density at radius 1 is 1.35 bits per heavy atom. The zero-order chi connectivity index (χ0) is 16.9. The number of ether oxygens (including phenoxy) is 1. The van der Waals surface area contributed by atoms with Crippen LogP contribution in [0.25, 0.3) is 0 Å². The number of thioether (sulfide) groups is 1. The van der Waals surface area contributed by atoms with Crippen molar-refractivity contribution in [2.75, 3.05) is 31.4 Å². The van der Waals surface area contributed by atoms with Crippen molar-refractivity contribution in [1.29, 1.82) is 0 Å². The highest BCUT2D eigenvalue weighted by molar-refractivity contribution is 7.99. The molecule has 23 heavy (non-hydrogen) atoms. The number of aryl methyl sites for hydroxylation is 1. The summed E-state index contributed by atoms with van der Waals surface area (Å²) < 4.78 is 28.4. The first-order valence-electron chi connectivity index (χ1n) is 7.53. The Hall–Kier alpha value is -1.05. The van der Waals surface area contributed by atoms with Crippen LogP contribution in [0.3, 0.4) is 0 Å². The van der Waals surface area contributed by atoms with E-state index in [1.54, 1.807) is 31.4 Å². The van der Waals surface area contributed by atoms with E-state index < -0.39 is 9.84 Å². The molecule has 1 heterocycles. The quantitative estimate of drug-likeness (QED) is 0.803. The van der Waals surface area contributed by atoms with Gasteiger partial charge in [-0.15, -0.1) is 0 Å². The Balaban J connectivity index is 1.80. The van der Waals surface area contributed by atoms with Gasteiger partial charge in [-0.1, -0.05) is 12.1 Å². The monoisotopic (exact) mass is 357 g/mol. The first-order chi connectivity index (χ1) is 10.8. The Morgan fingerprint density at radius 2 is 2.04 bits per heavy atom. The van der Waals surface area contributed by atoms with E-state index in [1.807, 2.05) is 11.8 Å². The summed E-state index contributed by atoms with van der Waals surface area (Å²) in [6.45, 7) is 0.544. The van der Waals surface area contributed by atoms with Crippen LogP contribution in [0, 0.1) is 0 Å². The average Bonchev–Trinajstić information content (AvgIpc) is 3.00. The minimum absolute atomic E-state index is 0.00878. The molecule has 1 aromatic rings. The van der Waals surface area contributed by atoms with Crippen molar-refractivity contribution >= 4 is 27.5 Å². The van der Waals surface area contributed by atoms with Gasteiger partial charge in [-0.3, -0.25) is 4.79 Å². The van der Waals surface area contributed by atoms with Gasteiger partial charge >= 0.3 is 0 Å². The maximum absolute atomic E-state index is 12.0. The molecule has 0 spiro atoms. The van der Waals surface area contributed by atoms with E-state index in [2.05, 4.69) is 5.32 Å². The van der Waals surface area contributed by atoms with Crippen LogP contribution in [0.5, 0.6) is 0 Å². The minimum Gasteiger partial charge on any atom is -0.376 e. The van der Waals surface area contributed by atoms with Crippen molar-refractivity contribution in [2.24, 2.45) is 0 Å². The number of benzene rings is 1. The summed E-state index contributed by atoms with van der Waals surface area (Å²) in [5.41, 5.74) is 0.725. The van der Waals surface area contributed by atoms with Crippen LogP contribution in [0.2, 0.25) is 0 Å². The van der Waals surface area contributed by atoms with Gasteiger partial charge in [0, 0.05) is 32.1 Å². The normalized spacial score (nSPS) is 21.3. The predicted molar refractivity (Wildman–Crippen MR) is 92.6 cm³/mol. The van der Waals surface area contributed by atoms with Crippen molar-refractivity contribution in [1.82, 2.24) is 5.32 Å². The molecule has 0 unspecified atom stereocenters. The molecule has 1 saturated heterocycles. The average molecular weight is 357 g/mol. The molecule has 0 aromatic heterocycles. The molecule has 0 bridgehead atoms. The minimum atomic E-state index is -3.17. The van der Waals surface area contributed by atoms with Crippen LogP contribution in [-0.4, -0.2) is 51.3 Å². The number of methoxy groups -OCH3 is 1. The number of nitrogens with one attached hydrogen (secondary N) is 1. The summed E-state index contributed by atoms with van der Waals surface area (Å²) in [4.78, 5) is 12.3. The molecule has 7 heteroatoms. The fourth-order valence-corrected chi connectivity index (χ4v) is 4.50. The third-order valence-corrected chi connectivity index (χ3v) is 6.45. The topological polar surface area (TPSA) is 72.5 Å². The lowest BCUT2D eigenvalue weighted by Crippen LogP contribution is -2.44. The largest absolute Gasteiger partial charge is 0.376 e. The molecule has 0 radical (unpaired) electrons. The van der Waals surface area contributed by atoms with E-state index in [1.165, 1.54) is 6.26 Å². The highest BCUT2D eigenvalue weighted by Gasteiger charge is 2.34. The van der Waals surface area contributed by atoms with Gasteiger partial charge in [0.25, 0.3) is 0 Å². The first-order valence-corrected chi connectivity index (χ1v) is 10.6. The summed E-state index contributed by atoms with van der Waals surface area (Å²) >= 11 is 1.85. The van der Waals surface area contributed by atoms with Crippen LogP contribution < -0.4 is 5.32 Å². The Labute approximate surface area is 142 Å². The Bertz CT molecular complexity index is 635. The maximum Gasteiger partial charge on any atom is 0.220 e. The van der Waals surface area contributed by atoms with Gasteiger partial charge in [0.05, 0.1) is 10.5 Å². The van der Waals surface area contributed by atoms with Crippen LogP contribution in [-0.2, 0) is 25.8 Å². The molecule has 1 fully saturated rings. The van der Waals surface area contributed by atoms with E-state index in [0.29, 0.717) is 24.3 Å². The van der Waals surface area contributed by atoms with Gasteiger partial charge in [-0.2, -0.15) is 11.8 Å². The van der Waals surface area contributed by atoms with Gasteiger partial charge < -0.3 is 10.1 Å². The number of hydrogen-bond donors (Lipinski definition) is 1. The molecule has 1 amide bonds. The molecular formula is C16H23NO4S2. The number of carbonyl (C=O) groups excluding carboxylic acids is 1. The smallest absolute Gasteiger partial charge is 0.220 e. The summed E-state index contributed by atoms with van der Waals surface area (Å²) in [7, 11) is -1.48. The molecule has 5 nitrogen and oxygen atoms in total. The lowest BCUT2D eigenvalue weighted by atomic mass is 10.0. The maximum atomic E-state index is 12.0. The second-order valence-corrected chi connectivity index (χ2v) is 9.00. The van der Waals surface area contributed by atoms with Crippen LogP contribution in [0.15, 0.2) is 29.2 Å².